The Morgan fingerprint density at radius 3 is 2.79 bits per heavy atom. The number of aryl methyl sites for hydroxylation is 1. The van der Waals surface area contributed by atoms with Crippen molar-refractivity contribution in [3.8, 4) is 11.1 Å². The van der Waals surface area contributed by atoms with Gasteiger partial charge < -0.3 is 9.73 Å². The topological polar surface area (TPSA) is 55.1 Å². The van der Waals surface area contributed by atoms with E-state index in [9.17, 15) is 4.79 Å². The Balaban J connectivity index is 1.54. The first-order valence-electron chi connectivity index (χ1n) is 8.92. The van der Waals surface area contributed by atoms with Crippen LogP contribution in [0.3, 0.4) is 0 Å². The van der Waals surface area contributed by atoms with E-state index in [0.29, 0.717) is 10.7 Å². The second-order valence-corrected chi connectivity index (χ2v) is 7.61. The van der Waals surface area contributed by atoms with Crippen LogP contribution in [-0.2, 0) is 0 Å². The molecule has 136 valence electrons. The van der Waals surface area contributed by atoms with E-state index in [1.807, 2.05) is 55.5 Å². The van der Waals surface area contributed by atoms with Gasteiger partial charge in [-0.15, -0.1) is 11.3 Å². The molecular weight excluding hydrogens is 368 g/mol. The Kier molecular flexibility index (Phi) is 3.95. The number of carbonyl (C=O) groups excluding carboxylic acids is 1. The summed E-state index contributed by atoms with van der Waals surface area (Å²) in [6.07, 6.45) is 3.39. The molecule has 0 spiro atoms. The molecule has 2 aromatic carbocycles. The number of nitrogens with one attached hydrogen (secondary N) is 1. The summed E-state index contributed by atoms with van der Waals surface area (Å²) in [4.78, 5) is 18.2. The highest BCUT2D eigenvalue weighted by atomic mass is 32.1. The Hall–Kier alpha value is -3.44. The van der Waals surface area contributed by atoms with Crippen LogP contribution in [-0.4, -0.2) is 10.9 Å². The molecule has 0 aliphatic rings. The molecule has 0 atom stereocenters. The lowest BCUT2D eigenvalue weighted by Gasteiger charge is -2.05. The summed E-state index contributed by atoms with van der Waals surface area (Å²) in [6, 6.07) is 19.7. The summed E-state index contributed by atoms with van der Waals surface area (Å²) in [5.41, 5.74) is 3.91. The third-order valence-electron chi connectivity index (χ3n) is 4.84. The number of carbonyl (C=O) groups is 1. The molecule has 5 rings (SSSR count). The Labute approximate surface area is 165 Å². The first-order chi connectivity index (χ1) is 13.7. The summed E-state index contributed by atoms with van der Waals surface area (Å²) >= 11 is 1.50. The van der Waals surface area contributed by atoms with Crippen LogP contribution in [0.2, 0.25) is 0 Å². The van der Waals surface area contributed by atoms with Crippen LogP contribution < -0.4 is 5.32 Å². The van der Waals surface area contributed by atoms with Gasteiger partial charge in [0.2, 0.25) is 0 Å². The fraction of sp³-hybridized carbons (Fsp3) is 0.0435. The number of anilines is 1. The van der Waals surface area contributed by atoms with Crippen molar-refractivity contribution in [3.05, 3.63) is 83.6 Å². The van der Waals surface area contributed by atoms with Crippen molar-refractivity contribution < 1.29 is 9.21 Å². The lowest BCUT2D eigenvalue weighted by molar-refractivity contribution is 0.102. The number of aromatic nitrogens is 1. The highest BCUT2D eigenvalue weighted by Gasteiger charge is 2.18. The van der Waals surface area contributed by atoms with Crippen molar-refractivity contribution in [3.63, 3.8) is 0 Å². The van der Waals surface area contributed by atoms with Gasteiger partial charge in [0.1, 0.15) is 5.82 Å². The first kappa shape index (κ1) is 16.7. The molecule has 28 heavy (non-hydrogen) atoms. The van der Waals surface area contributed by atoms with E-state index in [2.05, 4.69) is 22.4 Å². The Morgan fingerprint density at radius 1 is 1.04 bits per heavy atom. The Bertz CT molecular complexity index is 1320. The predicted octanol–water partition coefficient (Wildman–Crippen LogP) is 6.27. The van der Waals surface area contributed by atoms with Crippen LogP contribution in [0.4, 0.5) is 5.82 Å². The molecule has 0 unspecified atom stereocenters. The van der Waals surface area contributed by atoms with Crippen molar-refractivity contribution in [2.24, 2.45) is 0 Å². The van der Waals surface area contributed by atoms with E-state index < -0.39 is 0 Å². The van der Waals surface area contributed by atoms with Gasteiger partial charge in [0.15, 0.2) is 0 Å². The molecule has 0 aliphatic carbocycles. The number of para-hydroxylation sites is 1. The number of hydrogen-bond donors (Lipinski definition) is 1. The van der Waals surface area contributed by atoms with E-state index >= 15 is 0 Å². The van der Waals surface area contributed by atoms with Gasteiger partial charge in [0.05, 0.1) is 22.9 Å². The van der Waals surface area contributed by atoms with Gasteiger partial charge in [-0.25, -0.2) is 4.98 Å². The average Bonchev–Trinajstić information content (AvgIpc) is 3.36. The number of pyridine rings is 1. The molecule has 5 heteroatoms. The quantitative estimate of drug-likeness (QED) is 0.399. The first-order valence-corrected chi connectivity index (χ1v) is 9.74. The number of benzene rings is 2. The molecule has 0 saturated carbocycles. The van der Waals surface area contributed by atoms with Crippen molar-refractivity contribution in [2.45, 2.75) is 6.92 Å². The molecule has 5 aromatic rings. The largest absolute Gasteiger partial charge is 0.472 e. The van der Waals surface area contributed by atoms with Crippen molar-refractivity contribution in [1.82, 2.24) is 4.98 Å². The van der Waals surface area contributed by atoms with E-state index in [1.54, 1.807) is 12.5 Å². The van der Waals surface area contributed by atoms with Gasteiger partial charge in [0, 0.05) is 21.2 Å². The molecule has 4 nitrogen and oxygen atoms in total. The van der Waals surface area contributed by atoms with E-state index in [1.165, 1.54) is 11.3 Å². The molecule has 3 aromatic heterocycles. The average molecular weight is 384 g/mol. The lowest BCUT2D eigenvalue weighted by atomic mass is 10.0. The van der Waals surface area contributed by atoms with Gasteiger partial charge >= 0.3 is 0 Å². The lowest BCUT2D eigenvalue weighted by Crippen LogP contribution is -2.12. The molecule has 0 bridgehead atoms. The number of nitrogens with zero attached hydrogens (tertiary/aromatic N) is 1. The summed E-state index contributed by atoms with van der Waals surface area (Å²) in [6.45, 7) is 1.99. The number of fused-ring (bicyclic) bond motifs is 2. The van der Waals surface area contributed by atoms with Crippen molar-refractivity contribution in [1.29, 1.82) is 0 Å². The highest BCUT2D eigenvalue weighted by Crippen LogP contribution is 2.38. The zero-order valence-electron chi connectivity index (χ0n) is 15.1. The maximum atomic E-state index is 13.0. The minimum atomic E-state index is -0.139. The van der Waals surface area contributed by atoms with Crippen LogP contribution in [0.5, 0.6) is 0 Å². The molecule has 0 fully saturated rings. The zero-order chi connectivity index (χ0) is 19.1. The summed E-state index contributed by atoms with van der Waals surface area (Å²) < 4.78 is 6.32. The van der Waals surface area contributed by atoms with Crippen LogP contribution in [0, 0.1) is 6.92 Å². The van der Waals surface area contributed by atoms with E-state index in [0.717, 1.165) is 37.7 Å². The fourth-order valence-electron chi connectivity index (χ4n) is 3.41. The molecule has 0 saturated heterocycles. The Morgan fingerprint density at radius 2 is 1.93 bits per heavy atom. The standard InChI is InChI=1S/C23H16N2O2S/c1-14-17-6-4-7-18(16-11-12-27-13-16)22(17)28-21(14)23(26)25-20-10-9-15-5-2-3-8-19(15)24-20/h2-13H,1H3,(H,24,25,26). The van der Waals surface area contributed by atoms with Crippen LogP contribution in [0.1, 0.15) is 15.2 Å². The molecule has 1 amide bonds. The van der Waals surface area contributed by atoms with Crippen molar-refractivity contribution in [2.75, 3.05) is 5.32 Å². The van der Waals surface area contributed by atoms with Gasteiger partial charge in [-0.2, -0.15) is 0 Å². The number of thiophene rings is 1. The number of furan rings is 1. The maximum absolute atomic E-state index is 13.0. The van der Waals surface area contributed by atoms with Gasteiger partial charge in [-0.3, -0.25) is 4.79 Å². The minimum Gasteiger partial charge on any atom is -0.472 e. The second-order valence-electron chi connectivity index (χ2n) is 6.59. The molecule has 3 heterocycles. The number of amides is 1. The smallest absolute Gasteiger partial charge is 0.267 e. The van der Waals surface area contributed by atoms with E-state index in [4.69, 9.17) is 4.42 Å². The van der Waals surface area contributed by atoms with Gasteiger partial charge in [0.25, 0.3) is 5.91 Å². The van der Waals surface area contributed by atoms with Crippen LogP contribution in [0.15, 0.2) is 77.6 Å². The number of hydrogen-bond acceptors (Lipinski definition) is 4. The monoisotopic (exact) mass is 384 g/mol. The molecule has 1 N–H and O–H groups in total. The summed E-state index contributed by atoms with van der Waals surface area (Å²) in [5, 5.41) is 5.08. The highest BCUT2D eigenvalue weighted by molar-refractivity contribution is 7.21. The van der Waals surface area contributed by atoms with Crippen LogP contribution in [0.25, 0.3) is 32.1 Å². The third kappa shape index (κ3) is 2.77. The SMILES string of the molecule is Cc1c(C(=O)Nc2ccc3ccccc3n2)sc2c(-c3ccoc3)cccc12. The summed E-state index contributed by atoms with van der Waals surface area (Å²) in [7, 11) is 0. The fourth-order valence-corrected chi connectivity index (χ4v) is 4.65. The third-order valence-corrected chi connectivity index (χ3v) is 6.18. The van der Waals surface area contributed by atoms with Crippen LogP contribution >= 0.6 is 11.3 Å². The van der Waals surface area contributed by atoms with Gasteiger partial charge in [-0.1, -0.05) is 36.4 Å². The van der Waals surface area contributed by atoms with Gasteiger partial charge in [-0.05, 0) is 42.1 Å². The minimum absolute atomic E-state index is 0.139. The van der Waals surface area contributed by atoms with E-state index in [-0.39, 0.29) is 5.91 Å². The number of rotatable bonds is 3. The predicted molar refractivity (Wildman–Crippen MR) is 114 cm³/mol. The molecule has 0 aliphatic heterocycles. The zero-order valence-corrected chi connectivity index (χ0v) is 15.9. The normalized spacial score (nSPS) is 11.2. The van der Waals surface area contributed by atoms with Crippen molar-refractivity contribution >= 4 is 44.1 Å². The molecule has 0 radical (unpaired) electrons. The molecular formula is C23H16N2O2S. The second kappa shape index (κ2) is 6.62. The maximum Gasteiger partial charge on any atom is 0.267 e. The summed E-state index contributed by atoms with van der Waals surface area (Å²) in [5.74, 6) is 0.412.